The number of carbonyl (C=O) groups is 3. The van der Waals surface area contributed by atoms with E-state index in [0.29, 0.717) is 0 Å². The Morgan fingerprint density at radius 1 is 0.512 bits per heavy atom. The van der Waals surface area contributed by atoms with Crippen LogP contribution in [-0.2, 0) is 66.5 Å². The third-order valence-electron chi connectivity index (χ3n) is 15.6. The van der Waals surface area contributed by atoms with E-state index < -0.39 is 265 Å². The predicted octanol–water partition coefficient (Wildman–Crippen LogP) is -13.0. The first kappa shape index (κ1) is 68.3. The van der Waals surface area contributed by atoms with Crippen molar-refractivity contribution in [2.24, 2.45) is 11.8 Å². The smallest absolute Gasteiger partial charge is 0.364 e. The number of carboxylic acid groups (broad SMARTS) is 2. The second kappa shape index (κ2) is 28.4. The first-order valence-electron chi connectivity index (χ1n) is 26.0. The summed E-state index contributed by atoms with van der Waals surface area (Å²) in [6.07, 6.45) is -56.3. The summed E-state index contributed by atoms with van der Waals surface area (Å²) < 4.78 is 62.6. The monoisotopic (exact) mass is 1200 g/mol. The number of rotatable bonds is 23. The van der Waals surface area contributed by atoms with Gasteiger partial charge in [0.1, 0.15) is 122 Å². The fourth-order valence-electron chi connectivity index (χ4n) is 10.5. The van der Waals surface area contributed by atoms with Gasteiger partial charge in [0.25, 0.3) is 11.6 Å². The number of aliphatic carboxylic acids is 2. The number of hydrogen-bond donors (Lipinski definition) is 22. The second-order valence-corrected chi connectivity index (χ2v) is 21.2. The Hall–Kier alpha value is -2.79. The van der Waals surface area contributed by atoms with E-state index in [0.717, 1.165) is 6.92 Å². The molecule has 6 aliphatic rings. The summed E-state index contributed by atoms with van der Waals surface area (Å²) in [6, 6.07) is -1.95. The van der Waals surface area contributed by atoms with Crippen LogP contribution in [0.25, 0.3) is 0 Å². The van der Waals surface area contributed by atoms with E-state index >= 15 is 0 Å². The molecular formula is C46H77NO35. The molecule has 36 nitrogen and oxygen atoms in total. The minimum Gasteiger partial charge on any atom is -0.477 e. The molecule has 11 unspecified atom stereocenters. The normalized spacial score (nSPS) is 47.2. The SMILES string of the molecule is CC(=O)NC1[C@H](O[C@@H]2C(O)[C@H](O[C@@H]3C(CO)OC(O)C(O)[C@H]3O)OC(CO[C@]3(C(=O)O)C[C@@H](O)C(C)[C@H]([C@H](O)[C@H](O)CO)O3)[C@@H]2O)OC(CO)[C@@H](O[C@@H]2OC(CO[C@]3(C(=O)O)C[C@@H](O)C(C)[C@H]([C@H](O)[C@H](O)CO)O3)[C@H](O)[C@H](O)C2O)[C@@H]1O. The van der Waals surface area contributed by atoms with Gasteiger partial charge in [-0.25, -0.2) is 9.59 Å². The van der Waals surface area contributed by atoms with Crippen LogP contribution >= 0.6 is 0 Å². The quantitative estimate of drug-likeness (QED) is 0.0452. The summed E-state index contributed by atoms with van der Waals surface area (Å²) in [5, 5.41) is 226. The van der Waals surface area contributed by atoms with E-state index in [9.17, 15) is 122 Å². The number of aliphatic hydroxyl groups excluding tert-OH is 19. The van der Waals surface area contributed by atoms with Crippen LogP contribution in [0.3, 0.4) is 0 Å². The number of carboxylic acids is 2. The van der Waals surface area contributed by atoms with E-state index in [4.69, 9.17) is 52.1 Å². The van der Waals surface area contributed by atoms with E-state index in [-0.39, 0.29) is 0 Å². The summed E-state index contributed by atoms with van der Waals surface area (Å²) in [6.45, 7) is -2.89. The molecule has 32 atom stereocenters. The van der Waals surface area contributed by atoms with Crippen LogP contribution in [0.2, 0.25) is 0 Å². The zero-order chi connectivity index (χ0) is 61.2. The molecule has 6 heterocycles. The molecule has 22 N–H and O–H groups in total. The van der Waals surface area contributed by atoms with Crippen LogP contribution in [0.1, 0.15) is 33.6 Å². The van der Waals surface area contributed by atoms with E-state index in [1.807, 2.05) is 0 Å². The van der Waals surface area contributed by atoms with Crippen LogP contribution in [0, 0.1) is 11.8 Å². The van der Waals surface area contributed by atoms with Gasteiger partial charge in [0.2, 0.25) is 5.91 Å². The maximum Gasteiger partial charge on any atom is 0.364 e. The van der Waals surface area contributed by atoms with Gasteiger partial charge in [-0.15, -0.1) is 0 Å². The van der Waals surface area contributed by atoms with Crippen molar-refractivity contribution >= 4 is 17.8 Å². The van der Waals surface area contributed by atoms with Crippen LogP contribution in [0.5, 0.6) is 0 Å². The third-order valence-corrected chi connectivity index (χ3v) is 15.6. The lowest BCUT2D eigenvalue weighted by atomic mass is 9.84. The van der Waals surface area contributed by atoms with Crippen molar-refractivity contribution in [3.05, 3.63) is 0 Å². The number of hydrogen-bond acceptors (Lipinski definition) is 33. The minimum absolute atomic E-state index is 0.828. The first-order chi connectivity index (χ1) is 38.4. The highest BCUT2D eigenvalue weighted by Gasteiger charge is 2.60. The second-order valence-electron chi connectivity index (χ2n) is 21.2. The maximum atomic E-state index is 12.9. The van der Waals surface area contributed by atoms with Gasteiger partial charge in [0.05, 0.1) is 64.1 Å². The van der Waals surface area contributed by atoms with Gasteiger partial charge in [0, 0.05) is 31.6 Å². The molecule has 0 spiro atoms. The highest BCUT2D eigenvalue weighted by Crippen LogP contribution is 2.41. The molecule has 82 heavy (non-hydrogen) atoms. The Morgan fingerprint density at radius 3 is 1.37 bits per heavy atom. The Balaban J connectivity index is 1.27. The molecule has 1 amide bonds. The van der Waals surface area contributed by atoms with Crippen LogP contribution in [0.15, 0.2) is 0 Å². The van der Waals surface area contributed by atoms with E-state index in [2.05, 4.69) is 5.32 Å². The molecule has 0 aromatic rings. The van der Waals surface area contributed by atoms with Crippen LogP contribution in [0.4, 0.5) is 0 Å². The molecule has 6 rings (SSSR count). The van der Waals surface area contributed by atoms with Crippen molar-refractivity contribution in [1.82, 2.24) is 5.32 Å². The Bertz CT molecular complexity index is 2070. The van der Waals surface area contributed by atoms with Crippen molar-refractivity contribution < 1.29 is 174 Å². The van der Waals surface area contributed by atoms with Gasteiger partial charge >= 0.3 is 11.9 Å². The Kier molecular flexibility index (Phi) is 23.6. The molecule has 476 valence electrons. The average Bonchev–Trinajstić information content (AvgIpc) is 2.44. The zero-order valence-corrected chi connectivity index (χ0v) is 44.1. The molecule has 0 radical (unpaired) electrons. The number of amides is 1. The number of ether oxygens (including phenoxy) is 11. The number of nitrogens with one attached hydrogen (secondary N) is 1. The van der Waals surface area contributed by atoms with Crippen molar-refractivity contribution in [2.45, 2.75) is 217 Å². The molecular weight excluding hydrogens is 1130 g/mol. The van der Waals surface area contributed by atoms with Gasteiger partial charge in [-0.05, 0) is 0 Å². The van der Waals surface area contributed by atoms with E-state index in [1.165, 1.54) is 13.8 Å². The summed E-state index contributed by atoms with van der Waals surface area (Å²) >= 11 is 0. The molecule has 36 heteroatoms. The topological polar surface area (TPSA) is 590 Å². The molecule has 6 saturated heterocycles. The predicted molar refractivity (Wildman–Crippen MR) is 251 cm³/mol. The average molecular weight is 1200 g/mol. The third kappa shape index (κ3) is 14.3. The molecule has 0 bridgehead atoms. The largest absolute Gasteiger partial charge is 0.477 e. The summed E-state index contributed by atoms with van der Waals surface area (Å²) in [5.41, 5.74) is 0. The lowest BCUT2D eigenvalue weighted by molar-refractivity contribution is -0.386. The Labute approximate surface area is 464 Å². The van der Waals surface area contributed by atoms with Crippen LogP contribution in [-0.4, -0.2) is 348 Å². The number of carbonyl (C=O) groups excluding carboxylic acids is 1. The highest BCUT2D eigenvalue weighted by atomic mass is 16.8. The maximum absolute atomic E-state index is 12.9. The molecule has 0 aromatic carbocycles. The fraction of sp³-hybridized carbons (Fsp3) is 0.935. The standard InChI is InChI=1S/C46H77NO35/c1-12-15(53)4-45(43(68)69,81-34(12)24(57)17(55)6-48)72-10-21-26(59)29(62)32(65)41(76-21)78-36-20(9-51)75-40(23(28(36)61)47-14(3)52)80-38-27(60)22(77-42(33(38)66)79-37-19(8-50)74-39(67)31(64)30(37)63)11-73-46(44(70)71)5-16(54)13(2)35(82-46)25(58)18(56)7-49/h12-13,15-42,48-51,53-67H,4-11H2,1-3H3,(H,47,52)(H,68,69)(H,70,71)/t12?,13?,15-,16-,17-,18-,19?,20?,21?,22?,23?,24-,25-,26+,27+,28-,29+,30-,31?,32?,33?,34-,35-,36-,37-,38+,39?,40+,41+,42+,45-,46-/m1/s1. The highest BCUT2D eigenvalue weighted by molar-refractivity contribution is 5.76. The van der Waals surface area contributed by atoms with Crippen molar-refractivity contribution in [2.75, 3.05) is 39.6 Å². The molecule has 0 aromatic heterocycles. The van der Waals surface area contributed by atoms with Crippen molar-refractivity contribution in [3.63, 3.8) is 0 Å². The Morgan fingerprint density at radius 2 is 0.927 bits per heavy atom. The van der Waals surface area contributed by atoms with Crippen molar-refractivity contribution in [3.8, 4) is 0 Å². The summed E-state index contributed by atoms with van der Waals surface area (Å²) in [5.74, 6) is -12.8. The molecule has 0 saturated carbocycles. The molecule has 6 fully saturated rings. The van der Waals surface area contributed by atoms with Gasteiger partial charge in [-0.2, -0.15) is 0 Å². The first-order valence-corrected chi connectivity index (χ1v) is 26.0. The van der Waals surface area contributed by atoms with Gasteiger partial charge in [0.15, 0.2) is 25.2 Å². The van der Waals surface area contributed by atoms with Gasteiger partial charge < -0.3 is 165 Å². The lowest BCUT2D eigenvalue weighted by Gasteiger charge is -2.50. The molecule has 6 aliphatic heterocycles. The lowest BCUT2D eigenvalue weighted by Crippen LogP contribution is -2.70. The van der Waals surface area contributed by atoms with Gasteiger partial charge in [-0.3, -0.25) is 4.79 Å². The minimum atomic E-state index is -2.95. The van der Waals surface area contributed by atoms with E-state index in [1.54, 1.807) is 0 Å². The number of aliphatic hydroxyl groups is 19. The summed E-state index contributed by atoms with van der Waals surface area (Å²) in [4.78, 5) is 38.4. The zero-order valence-electron chi connectivity index (χ0n) is 44.1. The molecule has 0 aliphatic carbocycles. The van der Waals surface area contributed by atoms with Crippen molar-refractivity contribution in [1.29, 1.82) is 0 Å². The van der Waals surface area contributed by atoms with Gasteiger partial charge in [-0.1, -0.05) is 13.8 Å². The fourth-order valence-corrected chi connectivity index (χ4v) is 10.5. The van der Waals surface area contributed by atoms with Crippen LogP contribution < -0.4 is 5.32 Å². The summed E-state index contributed by atoms with van der Waals surface area (Å²) in [7, 11) is 0.